The van der Waals surface area contributed by atoms with E-state index >= 15 is 0 Å². The SMILES string of the molecule is COc1ccc(CNC(N)=NCc2ccc(O)c(F)c2)cc1OC.I. The lowest BCUT2D eigenvalue weighted by atomic mass is 10.2. The Morgan fingerprint density at radius 1 is 1.12 bits per heavy atom. The van der Waals surface area contributed by atoms with Crippen LogP contribution in [0.2, 0.25) is 0 Å². The molecule has 0 amide bonds. The summed E-state index contributed by atoms with van der Waals surface area (Å²) >= 11 is 0. The zero-order valence-corrected chi connectivity index (χ0v) is 16.3. The lowest BCUT2D eigenvalue weighted by molar-refractivity contribution is 0.354. The maximum Gasteiger partial charge on any atom is 0.189 e. The number of aliphatic imine (C=N–C) groups is 1. The summed E-state index contributed by atoms with van der Waals surface area (Å²) in [6.45, 7) is 0.668. The Kier molecular flexibility index (Phi) is 8.26. The first-order valence-corrected chi connectivity index (χ1v) is 7.25. The predicted octanol–water partition coefficient (Wildman–Crippen LogP) is 2.77. The summed E-state index contributed by atoms with van der Waals surface area (Å²) in [5.41, 5.74) is 7.36. The number of nitrogens with two attached hydrogens (primary N) is 1. The van der Waals surface area contributed by atoms with E-state index < -0.39 is 5.82 Å². The van der Waals surface area contributed by atoms with Crippen LogP contribution in [-0.2, 0) is 13.1 Å². The fourth-order valence-electron chi connectivity index (χ4n) is 2.06. The third-order valence-electron chi connectivity index (χ3n) is 3.37. The van der Waals surface area contributed by atoms with Crippen LogP contribution in [0.5, 0.6) is 17.2 Å². The van der Waals surface area contributed by atoms with Gasteiger partial charge in [0.1, 0.15) is 0 Å². The van der Waals surface area contributed by atoms with Crippen LogP contribution in [0.4, 0.5) is 4.39 Å². The number of methoxy groups -OCH3 is 2. The van der Waals surface area contributed by atoms with Crippen molar-refractivity contribution >= 4 is 29.9 Å². The molecule has 8 heteroatoms. The summed E-state index contributed by atoms with van der Waals surface area (Å²) in [4.78, 5) is 4.14. The number of nitrogens with zero attached hydrogens (tertiary/aromatic N) is 1. The number of halogens is 2. The third-order valence-corrected chi connectivity index (χ3v) is 3.37. The van der Waals surface area contributed by atoms with Crippen molar-refractivity contribution in [2.24, 2.45) is 10.7 Å². The van der Waals surface area contributed by atoms with E-state index in [1.165, 1.54) is 12.1 Å². The highest BCUT2D eigenvalue weighted by atomic mass is 127. The number of phenolic OH excluding ortho intramolecular Hbond substituents is 1. The molecule has 4 N–H and O–H groups in total. The van der Waals surface area contributed by atoms with Gasteiger partial charge in [0.25, 0.3) is 0 Å². The van der Waals surface area contributed by atoms with Crippen molar-refractivity contribution in [3.05, 3.63) is 53.3 Å². The molecular formula is C17H21FIN3O3. The number of aromatic hydroxyl groups is 1. The Balaban J connectivity index is 0.00000312. The van der Waals surface area contributed by atoms with Crippen molar-refractivity contribution in [3.63, 3.8) is 0 Å². The van der Waals surface area contributed by atoms with Crippen LogP contribution in [0, 0.1) is 5.82 Å². The van der Waals surface area contributed by atoms with Gasteiger partial charge >= 0.3 is 0 Å². The molecule has 0 atom stereocenters. The van der Waals surface area contributed by atoms with E-state index in [1.54, 1.807) is 20.3 Å². The number of ether oxygens (including phenoxy) is 2. The number of nitrogens with one attached hydrogen (secondary N) is 1. The van der Waals surface area contributed by atoms with Crippen molar-refractivity contribution in [3.8, 4) is 17.2 Å². The monoisotopic (exact) mass is 461 g/mol. The molecule has 0 unspecified atom stereocenters. The number of hydrogen-bond donors (Lipinski definition) is 3. The van der Waals surface area contributed by atoms with Crippen LogP contribution in [0.3, 0.4) is 0 Å². The van der Waals surface area contributed by atoms with Crippen molar-refractivity contribution in [1.29, 1.82) is 0 Å². The summed E-state index contributed by atoms with van der Waals surface area (Å²) in [5.74, 6) is 0.448. The molecule has 0 heterocycles. The Morgan fingerprint density at radius 3 is 2.44 bits per heavy atom. The van der Waals surface area contributed by atoms with Crippen molar-refractivity contribution in [1.82, 2.24) is 5.32 Å². The number of rotatable bonds is 6. The van der Waals surface area contributed by atoms with Gasteiger partial charge in [-0.2, -0.15) is 0 Å². The summed E-state index contributed by atoms with van der Waals surface area (Å²) < 4.78 is 23.7. The summed E-state index contributed by atoms with van der Waals surface area (Å²) in [7, 11) is 3.15. The predicted molar refractivity (Wildman–Crippen MR) is 105 cm³/mol. The highest BCUT2D eigenvalue weighted by Crippen LogP contribution is 2.27. The first-order valence-electron chi connectivity index (χ1n) is 7.25. The Labute approximate surface area is 162 Å². The molecule has 0 aromatic heterocycles. The van der Waals surface area contributed by atoms with E-state index in [4.69, 9.17) is 20.3 Å². The zero-order chi connectivity index (χ0) is 17.5. The zero-order valence-electron chi connectivity index (χ0n) is 14.0. The van der Waals surface area contributed by atoms with Crippen LogP contribution in [-0.4, -0.2) is 25.3 Å². The standard InChI is InChI=1S/C17H20FN3O3.HI/c1-23-15-6-4-12(8-16(15)24-2)10-21-17(19)20-9-11-3-5-14(22)13(18)7-11;/h3-8,22H,9-10H2,1-2H3,(H3,19,20,21);1H. The van der Waals surface area contributed by atoms with E-state index in [2.05, 4.69) is 10.3 Å². The molecule has 0 aliphatic heterocycles. The number of benzene rings is 2. The van der Waals surface area contributed by atoms with Crippen LogP contribution in [0.15, 0.2) is 41.4 Å². The quantitative estimate of drug-likeness (QED) is 0.350. The largest absolute Gasteiger partial charge is 0.505 e. The normalized spacial score (nSPS) is 10.8. The van der Waals surface area contributed by atoms with E-state index in [0.29, 0.717) is 23.6 Å². The van der Waals surface area contributed by atoms with Gasteiger partial charge in [-0.05, 0) is 35.4 Å². The summed E-state index contributed by atoms with van der Waals surface area (Å²) in [6.07, 6.45) is 0. The second-order valence-corrected chi connectivity index (χ2v) is 5.03. The van der Waals surface area contributed by atoms with Crippen LogP contribution in [0.1, 0.15) is 11.1 Å². The van der Waals surface area contributed by atoms with Crippen LogP contribution < -0.4 is 20.5 Å². The molecule has 0 saturated carbocycles. The molecule has 0 radical (unpaired) electrons. The minimum Gasteiger partial charge on any atom is -0.505 e. The van der Waals surface area contributed by atoms with E-state index in [9.17, 15) is 4.39 Å². The smallest absolute Gasteiger partial charge is 0.189 e. The van der Waals surface area contributed by atoms with Crippen molar-refractivity contribution in [2.75, 3.05) is 14.2 Å². The lowest BCUT2D eigenvalue weighted by Crippen LogP contribution is -2.31. The number of guanidine groups is 1. The Hall–Kier alpha value is -2.23. The minimum atomic E-state index is -0.681. The molecular weight excluding hydrogens is 440 g/mol. The maximum atomic E-state index is 13.2. The molecule has 2 rings (SSSR count). The fraction of sp³-hybridized carbons (Fsp3) is 0.235. The minimum absolute atomic E-state index is 0. The molecule has 2 aromatic rings. The third kappa shape index (κ3) is 5.96. The van der Waals surface area contributed by atoms with Gasteiger partial charge in [-0.25, -0.2) is 9.38 Å². The first kappa shape index (κ1) is 20.8. The molecule has 0 spiro atoms. The molecule has 0 aliphatic rings. The van der Waals surface area contributed by atoms with Gasteiger partial charge in [-0.3, -0.25) is 0 Å². The second-order valence-electron chi connectivity index (χ2n) is 5.03. The van der Waals surface area contributed by atoms with Crippen molar-refractivity contribution < 1.29 is 19.0 Å². The molecule has 25 heavy (non-hydrogen) atoms. The molecule has 2 aromatic carbocycles. The Morgan fingerprint density at radius 2 is 1.80 bits per heavy atom. The second kappa shape index (κ2) is 9.92. The van der Waals surface area contributed by atoms with Crippen LogP contribution in [0.25, 0.3) is 0 Å². The van der Waals surface area contributed by atoms with Crippen molar-refractivity contribution in [2.45, 2.75) is 13.1 Å². The van der Waals surface area contributed by atoms with E-state index in [1.807, 2.05) is 18.2 Å². The highest BCUT2D eigenvalue weighted by molar-refractivity contribution is 14.0. The van der Waals surface area contributed by atoms with Gasteiger partial charge in [-0.1, -0.05) is 12.1 Å². The van der Waals surface area contributed by atoms with Gasteiger partial charge < -0.3 is 25.6 Å². The molecule has 0 aliphatic carbocycles. The molecule has 0 saturated heterocycles. The van der Waals surface area contributed by atoms with Gasteiger partial charge in [0, 0.05) is 6.54 Å². The lowest BCUT2D eigenvalue weighted by Gasteiger charge is -2.10. The average molecular weight is 461 g/mol. The van der Waals surface area contributed by atoms with Gasteiger partial charge in [0.05, 0.1) is 20.8 Å². The van der Waals surface area contributed by atoms with Gasteiger partial charge in [0.15, 0.2) is 29.0 Å². The first-order chi connectivity index (χ1) is 11.5. The number of hydrogen-bond acceptors (Lipinski definition) is 4. The average Bonchev–Trinajstić information content (AvgIpc) is 2.60. The molecule has 0 bridgehead atoms. The topological polar surface area (TPSA) is 89.1 Å². The fourth-order valence-corrected chi connectivity index (χ4v) is 2.06. The number of phenols is 1. The van der Waals surface area contributed by atoms with Gasteiger partial charge in [-0.15, -0.1) is 24.0 Å². The van der Waals surface area contributed by atoms with E-state index in [-0.39, 0.29) is 42.2 Å². The molecule has 0 fully saturated rings. The Bertz CT molecular complexity index is 741. The van der Waals surface area contributed by atoms with Gasteiger partial charge in [0.2, 0.25) is 0 Å². The summed E-state index contributed by atoms with van der Waals surface area (Å²) in [6, 6.07) is 9.63. The van der Waals surface area contributed by atoms with E-state index in [0.717, 1.165) is 5.56 Å². The summed E-state index contributed by atoms with van der Waals surface area (Å²) in [5, 5.41) is 12.1. The highest BCUT2D eigenvalue weighted by Gasteiger charge is 2.05. The van der Waals surface area contributed by atoms with Crippen LogP contribution >= 0.6 is 24.0 Å². The maximum absolute atomic E-state index is 13.2. The molecule has 6 nitrogen and oxygen atoms in total. The molecule has 136 valence electrons.